The van der Waals surface area contributed by atoms with Crippen LogP contribution >= 0.6 is 23.3 Å². The molecule has 2 aromatic heterocycles. The molecule has 0 unspecified atom stereocenters. The molecule has 0 saturated heterocycles. The summed E-state index contributed by atoms with van der Waals surface area (Å²) in [6.07, 6.45) is 1.60. The van der Waals surface area contributed by atoms with Crippen molar-refractivity contribution in [3.8, 4) is 0 Å². The molecule has 1 aliphatic heterocycles. The summed E-state index contributed by atoms with van der Waals surface area (Å²) in [4.78, 5) is 18.5. The van der Waals surface area contributed by atoms with Gasteiger partial charge in [0, 0.05) is 22.2 Å². The van der Waals surface area contributed by atoms with E-state index in [1.165, 1.54) is 23.3 Å². The van der Waals surface area contributed by atoms with Crippen LogP contribution in [0.1, 0.15) is 77.9 Å². The molecule has 4 aromatic rings. The van der Waals surface area contributed by atoms with Gasteiger partial charge in [-0.2, -0.15) is 4.31 Å². The number of hydrogen-bond donors (Lipinski definition) is 3. The molecule has 0 spiro atoms. The Bertz CT molecular complexity index is 1590. The van der Waals surface area contributed by atoms with Gasteiger partial charge in [-0.1, -0.05) is 54.4 Å². The van der Waals surface area contributed by atoms with Gasteiger partial charge in [-0.3, -0.25) is 4.79 Å². The minimum atomic E-state index is -2.19. The van der Waals surface area contributed by atoms with E-state index in [4.69, 9.17) is 4.98 Å². The molecule has 0 saturated carbocycles. The molecule has 0 bridgehead atoms. The number of aliphatic hydroxyl groups is 2. The lowest BCUT2D eigenvalue weighted by Crippen LogP contribution is -2.42. The minimum absolute atomic E-state index is 0.167. The Kier molecular flexibility index (Phi) is 8.03. The third-order valence-electron chi connectivity index (χ3n) is 8.22. The molecule has 0 fully saturated rings. The van der Waals surface area contributed by atoms with Crippen molar-refractivity contribution in [2.24, 2.45) is 5.41 Å². The van der Waals surface area contributed by atoms with E-state index in [-0.39, 0.29) is 11.8 Å². The highest BCUT2D eigenvalue weighted by atomic mass is 32.2. The number of fused-ring (bicyclic) bond motifs is 2. The summed E-state index contributed by atoms with van der Waals surface area (Å²) in [5.41, 5.74) is 4.29. The van der Waals surface area contributed by atoms with Crippen LogP contribution in [0.4, 0.5) is 0 Å². The minimum Gasteiger partial charge on any atom is -0.481 e. The lowest BCUT2D eigenvalue weighted by molar-refractivity contribution is -0.243. The fourth-order valence-electron chi connectivity index (χ4n) is 5.60. The first-order chi connectivity index (χ1) is 19.4. The summed E-state index contributed by atoms with van der Waals surface area (Å²) in [7, 11) is 0. The number of hydrogen-bond acceptors (Lipinski definition) is 9. The van der Waals surface area contributed by atoms with Crippen LogP contribution in [0, 0.1) is 19.3 Å². The fourth-order valence-corrected chi connectivity index (χ4v) is 8.04. The topological polar surface area (TPSA) is 125 Å². The third kappa shape index (κ3) is 5.18. The Hall–Kier alpha value is -2.83. The standard InChI is InChI=1S/C30H37N5O4S2/c1-7-20-15-19-11-9-10-12-22(19)30(38,39)35(41-20)16-23-18(4)40-27(31-23)25(29(5,6)28(36)37)21-13-14-24-26(17(21)3)32-33-34(24)8-2/h9-14,20,25,38-39H,7-8,15-16H2,1-6H3,(H,36,37)/t20-,25+/m0/s1. The van der Waals surface area contributed by atoms with E-state index in [0.717, 1.165) is 45.4 Å². The van der Waals surface area contributed by atoms with E-state index >= 15 is 0 Å². The van der Waals surface area contributed by atoms with Crippen molar-refractivity contribution >= 4 is 40.3 Å². The Morgan fingerprint density at radius 3 is 2.59 bits per heavy atom. The van der Waals surface area contributed by atoms with Crippen molar-refractivity contribution in [2.45, 2.75) is 84.6 Å². The summed E-state index contributed by atoms with van der Waals surface area (Å²) < 4.78 is 3.43. The average Bonchev–Trinajstić information content (AvgIpc) is 3.49. The first-order valence-corrected chi connectivity index (χ1v) is 15.5. The van der Waals surface area contributed by atoms with Crippen LogP contribution < -0.4 is 0 Å². The van der Waals surface area contributed by atoms with Crippen molar-refractivity contribution in [2.75, 3.05) is 0 Å². The smallest absolute Gasteiger partial charge is 0.310 e. The van der Waals surface area contributed by atoms with Gasteiger partial charge in [0.15, 0.2) is 0 Å². The second-order valence-electron chi connectivity index (χ2n) is 11.2. The number of carbonyl (C=O) groups is 1. The Morgan fingerprint density at radius 1 is 1.17 bits per heavy atom. The molecular weight excluding hydrogens is 558 g/mol. The van der Waals surface area contributed by atoms with Crippen LogP contribution in [0.25, 0.3) is 11.0 Å². The van der Waals surface area contributed by atoms with Crippen LogP contribution in [0.2, 0.25) is 0 Å². The maximum atomic E-state index is 12.6. The molecule has 5 rings (SSSR count). The van der Waals surface area contributed by atoms with Gasteiger partial charge in [0.2, 0.25) is 0 Å². The molecule has 0 aliphatic carbocycles. The Balaban J connectivity index is 1.58. The first kappa shape index (κ1) is 29.7. The SMILES string of the molecule is CC[C@H]1Cc2ccccc2C(O)(O)N(Cc2nc([C@@H](c3ccc4c(nnn4CC)c3C)C(C)(C)C(=O)O)sc2C)S1. The van der Waals surface area contributed by atoms with Gasteiger partial charge in [0.1, 0.15) is 10.5 Å². The predicted molar refractivity (Wildman–Crippen MR) is 162 cm³/mol. The maximum Gasteiger partial charge on any atom is 0.310 e. The zero-order valence-electron chi connectivity index (χ0n) is 24.2. The number of nitrogens with zero attached hydrogens (tertiary/aromatic N) is 5. The number of thiazole rings is 1. The van der Waals surface area contributed by atoms with Crippen molar-refractivity contribution < 1.29 is 20.1 Å². The zero-order valence-corrected chi connectivity index (χ0v) is 25.9. The van der Waals surface area contributed by atoms with Crippen molar-refractivity contribution in [1.29, 1.82) is 0 Å². The van der Waals surface area contributed by atoms with Crippen molar-refractivity contribution in [3.63, 3.8) is 0 Å². The van der Waals surface area contributed by atoms with Crippen LogP contribution in [-0.2, 0) is 30.2 Å². The molecule has 218 valence electrons. The van der Waals surface area contributed by atoms with E-state index in [0.29, 0.717) is 22.8 Å². The molecule has 3 heterocycles. The largest absolute Gasteiger partial charge is 0.481 e. The first-order valence-electron chi connectivity index (χ1n) is 13.9. The summed E-state index contributed by atoms with van der Waals surface area (Å²) in [5, 5.41) is 42.7. The van der Waals surface area contributed by atoms with Gasteiger partial charge in [0.05, 0.1) is 29.1 Å². The van der Waals surface area contributed by atoms with Gasteiger partial charge in [-0.25, -0.2) is 9.67 Å². The predicted octanol–water partition coefficient (Wildman–Crippen LogP) is 5.35. The summed E-state index contributed by atoms with van der Waals surface area (Å²) in [6, 6.07) is 11.4. The highest BCUT2D eigenvalue weighted by molar-refractivity contribution is 7.97. The van der Waals surface area contributed by atoms with Gasteiger partial charge in [-0.05, 0) is 70.2 Å². The molecule has 41 heavy (non-hydrogen) atoms. The number of carboxylic acid groups (broad SMARTS) is 1. The summed E-state index contributed by atoms with van der Waals surface area (Å²) in [6.45, 7) is 12.3. The molecule has 11 heteroatoms. The molecule has 2 atom stereocenters. The fraction of sp³-hybridized carbons (Fsp3) is 0.467. The monoisotopic (exact) mass is 595 g/mol. The second kappa shape index (κ2) is 11.1. The van der Waals surface area contributed by atoms with E-state index in [9.17, 15) is 20.1 Å². The highest BCUT2D eigenvalue weighted by Crippen LogP contribution is 2.46. The number of benzene rings is 2. The molecule has 9 nitrogen and oxygen atoms in total. The van der Waals surface area contributed by atoms with Crippen LogP contribution in [0.5, 0.6) is 0 Å². The van der Waals surface area contributed by atoms with E-state index in [1.807, 2.05) is 55.8 Å². The van der Waals surface area contributed by atoms with E-state index in [1.54, 1.807) is 24.2 Å². The van der Waals surface area contributed by atoms with E-state index in [2.05, 4.69) is 17.2 Å². The van der Waals surface area contributed by atoms with Crippen LogP contribution in [0.15, 0.2) is 36.4 Å². The quantitative estimate of drug-likeness (QED) is 0.183. The molecule has 0 amide bonds. The Labute approximate surface area is 248 Å². The number of aryl methyl sites for hydroxylation is 3. The lowest BCUT2D eigenvalue weighted by atomic mass is 9.74. The van der Waals surface area contributed by atoms with Gasteiger partial charge < -0.3 is 15.3 Å². The number of rotatable bonds is 8. The van der Waals surface area contributed by atoms with Gasteiger partial charge in [-0.15, -0.1) is 16.4 Å². The summed E-state index contributed by atoms with van der Waals surface area (Å²) >= 11 is 2.90. The average molecular weight is 596 g/mol. The molecule has 0 radical (unpaired) electrons. The van der Waals surface area contributed by atoms with E-state index < -0.39 is 23.2 Å². The van der Waals surface area contributed by atoms with Gasteiger partial charge in [0.25, 0.3) is 5.91 Å². The van der Waals surface area contributed by atoms with Crippen LogP contribution in [0.3, 0.4) is 0 Å². The maximum absolute atomic E-state index is 12.6. The van der Waals surface area contributed by atoms with Gasteiger partial charge >= 0.3 is 5.97 Å². The molecular formula is C30H37N5O4S2. The number of aliphatic carboxylic acids is 1. The highest BCUT2D eigenvalue weighted by Gasteiger charge is 2.44. The van der Waals surface area contributed by atoms with Crippen LogP contribution in [-0.4, -0.2) is 50.8 Å². The molecule has 3 N–H and O–H groups in total. The molecule has 1 aliphatic rings. The van der Waals surface area contributed by atoms with Crippen molar-refractivity contribution in [1.82, 2.24) is 24.3 Å². The summed E-state index contributed by atoms with van der Waals surface area (Å²) in [5.74, 6) is -3.67. The number of aromatic nitrogens is 4. The third-order valence-corrected chi connectivity index (χ3v) is 10.7. The van der Waals surface area contributed by atoms with Crippen molar-refractivity contribution in [3.05, 3.63) is 74.2 Å². The normalized spacial score (nSPS) is 18.3. The zero-order chi connectivity index (χ0) is 29.7. The Morgan fingerprint density at radius 2 is 1.90 bits per heavy atom. The second-order valence-corrected chi connectivity index (χ2v) is 13.8. The molecule has 2 aromatic carbocycles. The lowest BCUT2D eigenvalue weighted by Gasteiger charge is -2.34. The number of carboxylic acids is 1.